The SMILES string of the molecule is CCN(CC(C)C)c1ncc(CCN)cn1. The first kappa shape index (κ1) is 12.9. The molecule has 0 saturated heterocycles. The topological polar surface area (TPSA) is 55.0 Å². The largest absolute Gasteiger partial charge is 0.341 e. The minimum absolute atomic E-state index is 0.618. The van der Waals surface area contributed by atoms with E-state index < -0.39 is 0 Å². The predicted octanol–water partition coefficient (Wildman–Crippen LogP) is 1.46. The number of nitrogens with zero attached hydrogens (tertiary/aromatic N) is 3. The molecule has 0 unspecified atom stereocenters. The van der Waals surface area contributed by atoms with Crippen LogP contribution in [-0.4, -0.2) is 29.6 Å². The minimum atomic E-state index is 0.618. The highest BCUT2D eigenvalue weighted by molar-refractivity contribution is 5.29. The van der Waals surface area contributed by atoms with Crippen molar-refractivity contribution >= 4 is 5.95 Å². The van der Waals surface area contributed by atoms with Gasteiger partial charge in [0.05, 0.1) is 0 Å². The fraction of sp³-hybridized carbons (Fsp3) is 0.667. The summed E-state index contributed by atoms with van der Waals surface area (Å²) in [4.78, 5) is 11.0. The van der Waals surface area contributed by atoms with Crippen LogP contribution in [0, 0.1) is 5.92 Å². The van der Waals surface area contributed by atoms with Gasteiger partial charge in [0, 0.05) is 25.5 Å². The van der Waals surface area contributed by atoms with Gasteiger partial charge in [-0.05, 0) is 31.4 Å². The molecule has 0 saturated carbocycles. The van der Waals surface area contributed by atoms with Crippen molar-refractivity contribution in [1.29, 1.82) is 0 Å². The Morgan fingerprint density at radius 2 is 1.94 bits per heavy atom. The standard InChI is InChI=1S/C12H22N4/c1-4-16(9-10(2)3)12-14-7-11(5-6-13)8-15-12/h7-8,10H,4-6,9,13H2,1-3H3. The number of rotatable bonds is 6. The summed E-state index contributed by atoms with van der Waals surface area (Å²) >= 11 is 0. The molecule has 0 aliphatic carbocycles. The summed E-state index contributed by atoms with van der Waals surface area (Å²) in [7, 11) is 0. The van der Waals surface area contributed by atoms with Gasteiger partial charge in [-0.15, -0.1) is 0 Å². The molecule has 0 aliphatic heterocycles. The monoisotopic (exact) mass is 222 g/mol. The zero-order valence-electron chi connectivity index (χ0n) is 10.5. The van der Waals surface area contributed by atoms with Crippen molar-refractivity contribution in [3.05, 3.63) is 18.0 Å². The lowest BCUT2D eigenvalue weighted by molar-refractivity contribution is 0.609. The summed E-state index contributed by atoms with van der Waals surface area (Å²) in [6.45, 7) is 9.10. The van der Waals surface area contributed by atoms with Crippen LogP contribution in [0.4, 0.5) is 5.95 Å². The van der Waals surface area contributed by atoms with Crippen molar-refractivity contribution in [2.24, 2.45) is 11.7 Å². The third kappa shape index (κ3) is 3.77. The normalized spacial score (nSPS) is 10.8. The van der Waals surface area contributed by atoms with Gasteiger partial charge in [-0.25, -0.2) is 9.97 Å². The molecule has 0 aromatic carbocycles. The molecule has 4 nitrogen and oxygen atoms in total. The summed E-state index contributed by atoms with van der Waals surface area (Å²) in [5.41, 5.74) is 6.59. The van der Waals surface area contributed by atoms with Gasteiger partial charge in [-0.2, -0.15) is 0 Å². The fourth-order valence-corrected chi connectivity index (χ4v) is 1.60. The number of hydrogen-bond acceptors (Lipinski definition) is 4. The number of aromatic nitrogens is 2. The van der Waals surface area contributed by atoms with Crippen molar-refractivity contribution in [3.8, 4) is 0 Å². The zero-order valence-corrected chi connectivity index (χ0v) is 10.5. The lowest BCUT2D eigenvalue weighted by Gasteiger charge is -2.22. The summed E-state index contributed by atoms with van der Waals surface area (Å²) in [5, 5.41) is 0. The maximum absolute atomic E-state index is 5.48. The van der Waals surface area contributed by atoms with E-state index in [2.05, 4.69) is 35.6 Å². The fourth-order valence-electron chi connectivity index (χ4n) is 1.60. The summed E-state index contributed by atoms with van der Waals surface area (Å²) in [6, 6.07) is 0. The molecule has 1 heterocycles. The van der Waals surface area contributed by atoms with Gasteiger partial charge in [0.2, 0.25) is 5.95 Å². The number of hydrogen-bond donors (Lipinski definition) is 1. The van der Waals surface area contributed by atoms with Crippen molar-refractivity contribution < 1.29 is 0 Å². The molecular weight excluding hydrogens is 200 g/mol. The van der Waals surface area contributed by atoms with Gasteiger partial charge < -0.3 is 10.6 Å². The highest BCUT2D eigenvalue weighted by Gasteiger charge is 2.08. The highest BCUT2D eigenvalue weighted by Crippen LogP contribution is 2.09. The molecule has 0 radical (unpaired) electrons. The van der Waals surface area contributed by atoms with Crippen LogP contribution in [0.2, 0.25) is 0 Å². The zero-order chi connectivity index (χ0) is 12.0. The maximum atomic E-state index is 5.48. The van der Waals surface area contributed by atoms with Crippen LogP contribution in [0.5, 0.6) is 0 Å². The van der Waals surface area contributed by atoms with E-state index in [1.54, 1.807) is 0 Å². The number of anilines is 1. The molecule has 4 heteroatoms. The van der Waals surface area contributed by atoms with Crippen LogP contribution in [0.1, 0.15) is 26.3 Å². The van der Waals surface area contributed by atoms with Gasteiger partial charge in [-0.3, -0.25) is 0 Å². The summed E-state index contributed by atoms with van der Waals surface area (Å²) in [5.74, 6) is 1.43. The van der Waals surface area contributed by atoms with Crippen molar-refractivity contribution in [2.45, 2.75) is 27.2 Å². The lowest BCUT2D eigenvalue weighted by atomic mass is 10.2. The molecule has 1 aromatic heterocycles. The van der Waals surface area contributed by atoms with Crippen molar-refractivity contribution in [2.75, 3.05) is 24.5 Å². The van der Waals surface area contributed by atoms with Crippen LogP contribution < -0.4 is 10.6 Å². The highest BCUT2D eigenvalue weighted by atomic mass is 15.2. The van der Waals surface area contributed by atoms with Crippen LogP contribution in [0.3, 0.4) is 0 Å². The Morgan fingerprint density at radius 3 is 2.38 bits per heavy atom. The van der Waals surface area contributed by atoms with E-state index in [1.807, 2.05) is 12.4 Å². The Bertz CT molecular complexity index is 294. The van der Waals surface area contributed by atoms with Crippen LogP contribution >= 0.6 is 0 Å². The van der Waals surface area contributed by atoms with Gasteiger partial charge >= 0.3 is 0 Å². The summed E-state index contributed by atoms with van der Waals surface area (Å²) < 4.78 is 0. The van der Waals surface area contributed by atoms with E-state index in [4.69, 9.17) is 5.73 Å². The second-order valence-corrected chi connectivity index (χ2v) is 4.36. The van der Waals surface area contributed by atoms with Gasteiger partial charge in [0.1, 0.15) is 0 Å². The molecule has 0 amide bonds. The quantitative estimate of drug-likeness (QED) is 0.791. The Morgan fingerprint density at radius 1 is 1.31 bits per heavy atom. The second-order valence-electron chi connectivity index (χ2n) is 4.36. The second kappa shape index (κ2) is 6.43. The minimum Gasteiger partial charge on any atom is -0.341 e. The summed E-state index contributed by atoms with van der Waals surface area (Å²) in [6.07, 6.45) is 4.59. The predicted molar refractivity (Wildman–Crippen MR) is 67.5 cm³/mol. The van der Waals surface area contributed by atoms with E-state index in [9.17, 15) is 0 Å². The third-order valence-electron chi connectivity index (χ3n) is 2.37. The lowest BCUT2D eigenvalue weighted by Crippen LogP contribution is -2.29. The number of nitrogens with two attached hydrogens (primary N) is 1. The maximum Gasteiger partial charge on any atom is 0.225 e. The molecule has 16 heavy (non-hydrogen) atoms. The first-order valence-corrected chi connectivity index (χ1v) is 5.93. The Kier molecular flexibility index (Phi) is 5.19. The van der Waals surface area contributed by atoms with Crippen molar-refractivity contribution in [3.63, 3.8) is 0 Å². The average molecular weight is 222 g/mol. The molecule has 90 valence electrons. The van der Waals surface area contributed by atoms with E-state index in [0.717, 1.165) is 31.0 Å². The third-order valence-corrected chi connectivity index (χ3v) is 2.37. The molecule has 0 spiro atoms. The smallest absolute Gasteiger partial charge is 0.225 e. The van der Waals surface area contributed by atoms with Crippen LogP contribution in [0.25, 0.3) is 0 Å². The Labute approximate surface area is 97.9 Å². The molecule has 0 bridgehead atoms. The average Bonchev–Trinajstić information content (AvgIpc) is 2.27. The van der Waals surface area contributed by atoms with Gasteiger partial charge in [0.15, 0.2) is 0 Å². The van der Waals surface area contributed by atoms with Gasteiger partial charge in [0.25, 0.3) is 0 Å². The van der Waals surface area contributed by atoms with E-state index >= 15 is 0 Å². The molecule has 0 atom stereocenters. The van der Waals surface area contributed by atoms with E-state index in [-0.39, 0.29) is 0 Å². The molecule has 1 rings (SSSR count). The molecule has 2 N–H and O–H groups in total. The Balaban J connectivity index is 2.70. The molecular formula is C12H22N4. The van der Waals surface area contributed by atoms with Gasteiger partial charge in [-0.1, -0.05) is 13.8 Å². The molecule has 0 aliphatic rings. The first-order chi connectivity index (χ1) is 7.67. The van der Waals surface area contributed by atoms with Crippen LogP contribution in [0.15, 0.2) is 12.4 Å². The molecule has 0 fully saturated rings. The van der Waals surface area contributed by atoms with E-state index in [0.29, 0.717) is 12.5 Å². The first-order valence-electron chi connectivity index (χ1n) is 5.93. The van der Waals surface area contributed by atoms with Crippen LogP contribution in [-0.2, 0) is 6.42 Å². The Hall–Kier alpha value is -1.16. The molecule has 1 aromatic rings. The van der Waals surface area contributed by atoms with Crippen molar-refractivity contribution in [1.82, 2.24) is 9.97 Å². The van der Waals surface area contributed by atoms with E-state index in [1.165, 1.54) is 0 Å².